The van der Waals surface area contributed by atoms with Gasteiger partial charge in [0, 0.05) is 31.1 Å². The standard InChI is InChI=1S/C16H20N4OS/c21-15(19-8-10-22-11-9-19)14-6-3-7-20(14)16-17-12-4-1-2-5-13(12)18-16/h1-2,4-5,14H,3,6-11H2,(H,17,18)/t14-/m0/s1. The molecule has 6 heteroatoms. The van der Waals surface area contributed by atoms with Crippen LogP contribution in [0, 0.1) is 0 Å². The van der Waals surface area contributed by atoms with E-state index in [4.69, 9.17) is 0 Å². The van der Waals surface area contributed by atoms with Gasteiger partial charge in [-0.05, 0) is 25.0 Å². The lowest BCUT2D eigenvalue weighted by Crippen LogP contribution is -2.48. The molecule has 1 aromatic carbocycles. The number of thioether (sulfide) groups is 1. The van der Waals surface area contributed by atoms with Crippen molar-refractivity contribution in [3.63, 3.8) is 0 Å². The molecule has 2 fully saturated rings. The number of nitrogens with zero attached hydrogens (tertiary/aromatic N) is 3. The highest BCUT2D eigenvalue weighted by Gasteiger charge is 2.35. The minimum Gasteiger partial charge on any atom is -0.339 e. The number of aromatic amines is 1. The molecule has 0 aliphatic carbocycles. The van der Waals surface area contributed by atoms with Crippen LogP contribution in [0.3, 0.4) is 0 Å². The number of benzene rings is 1. The number of fused-ring (bicyclic) bond motifs is 1. The molecule has 22 heavy (non-hydrogen) atoms. The van der Waals surface area contributed by atoms with Gasteiger partial charge >= 0.3 is 0 Å². The van der Waals surface area contributed by atoms with E-state index in [1.165, 1.54) is 0 Å². The maximum atomic E-state index is 12.8. The molecule has 2 aliphatic rings. The van der Waals surface area contributed by atoms with E-state index >= 15 is 0 Å². The van der Waals surface area contributed by atoms with Crippen LogP contribution in [0.2, 0.25) is 0 Å². The van der Waals surface area contributed by atoms with Gasteiger partial charge in [0.2, 0.25) is 11.9 Å². The zero-order valence-electron chi connectivity index (χ0n) is 12.5. The van der Waals surface area contributed by atoms with Gasteiger partial charge in [-0.15, -0.1) is 0 Å². The molecule has 1 atom stereocenters. The van der Waals surface area contributed by atoms with Crippen LogP contribution in [-0.4, -0.2) is 58.0 Å². The third-order valence-electron chi connectivity index (χ3n) is 4.51. The Morgan fingerprint density at radius 3 is 2.86 bits per heavy atom. The van der Waals surface area contributed by atoms with Crippen LogP contribution in [-0.2, 0) is 4.79 Å². The molecule has 2 saturated heterocycles. The minimum atomic E-state index is -0.0522. The molecule has 116 valence electrons. The molecule has 0 spiro atoms. The largest absolute Gasteiger partial charge is 0.339 e. The smallest absolute Gasteiger partial charge is 0.245 e. The maximum absolute atomic E-state index is 12.8. The topological polar surface area (TPSA) is 52.2 Å². The first-order valence-electron chi connectivity index (χ1n) is 7.91. The number of hydrogen-bond acceptors (Lipinski definition) is 4. The Hall–Kier alpha value is -1.69. The molecule has 1 N–H and O–H groups in total. The van der Waals surface area contributed by atoms with Crippen molar-refractivity contribution in [2.45, 2.75) is 18.9 Å². The molecular weight excluding hydrogens is 296 g/mol. The molecule has 3 heterocycles. The number of para-hydroxylation sites is 2. The van der Waals surface area contributed by atoms with Crippen molar-refractivity contribution in [3.05, 3.63) is 24.3 Å². The Kier molecular flexibility index (Phi) is 3.70. The predicted octanol–water partition coefficient (Wildman–Crippen LogP) is 2.11. The van der Waals surface area contributed by atoms with Crippen LogP contribution in [0.4, 0.5) is 5.95 Å². The first-order valence-corrected chi connectivity index (χ1v) is 9.06. The van der Waals surface area contributed by atoms with Crippen LogP contribution in [0.1, 0.15) is 12.8 Å². The van der Waals surface area contributed by atoms with Crippen LogP contribution in [0.25, 0.3) is 11.0 Å². The molecule has 1 aromatic heterocycles. The number of rotatable bonds is 2. The number of aromatic nitrogens is 2. The van der Waals surface area contributed by atoms with Gasteiger partial charge in [-0.1, -0.05) is 12.1 Å². The normalized spacial score (nSPS) is 22.5. The number of amides is 1. The number of anilines is 1. The zero-order valence-corrected chi connectivity index (χ0v) is 13.3. The van der Waals surface area contributed by atoms with E-state index in [1.807, 2.05) is 40.9 Å². The van der Waals surface area contributed by atoms with Crippen molar-refractivity contribution < 1.29 is 4.79 Å². The monoisotopic (exact) mass is 316 g/mol. The molecule has 4 rings (SSSR count). The molecule has 1 amide bonds. The van der Waals surface area contributed by atoms with Crippen LogP contribution >= 0.6 is 11.8 Å². The Bertz CT molecular complexity index is 647. The van der Waals surface area contributed by atoms with Gasteiger partial charge in [-0.25, -0.2) is 4.98 Å². The first-order chi connectivity index (χ1) is 10.8. The second-order valence-electron chi connectivity index (χ2n) is 5.87. The maximum Gasteiger partial charge on any atom is 0.245 e. The number of carbonyl (C=O) groups excluding carboxylic acids is 1. The molecule has 2 aromatic rings. The van der Waals surface area contributed by atoms with Crippen LogP contribution in [0.15, 0.2) is 24.3 Å². The van der Waals surface area contributed by atoms with Crippen molar-refractivity contribution in [3.8, 4) is 0 Å². The fourth-order valence-corrected chi connectivity index (χ4v) is 4.25. The van der Waals surface area contributed by atoms with E-state index < -0.39 is 0 Å². The van der Waals surface area contributed by atoms with Gasteiger partial charge in [0.1, 0.15) is 6.04 Å². The quantitative estimate of drug-likeness (QED) is 0.922. The van der Waals surface area contributed by atoms with Crippen molar-refractivity contribution in [1.82, 2.24) is 14.9 Å². The summed E-state index contributed by atoms with van der Waals surface area (Å²) in [5, 5.41) is 0. The Morgan fingerprint density at radius 2 is 2.05 bits per heavy atom. The zero-order chi connectivity index (χ0) is 14.9. The second-order valence-corrected chi connectivity index (χ2v) is 7.09. The number of hydrogen-bond donors (Lipinski definition) is 1. The summed E-state index contributed by atoms with van der Waals surface area (Å²) in [5.41, 5.74) is 2.00. The lowest BCUT2D eigenvalue weighted by molar-refractivity contribution is -0.132. The summed E-state index contributed by atoms with van der Waals surface area (Å²) in [7, 11) is 0. The molecule has 0 radical (unpaired) electrons. The van der Waals surface area contributed by atoms with Crippen molar-refractivity contribution in [2.24, 2.45) is 0 Å². The Balaban J connectivity index is 1.58. The van der Waals surface area contributed by atoms with Gasteiger partial charge < -0.3 is 14.8 Å². The summed E-state index contributed by atoms with van der Waals surface area (Å²) in [6.45, 7) is 2.67. The van der Waals surface area contributed by atoms with Gasteiger partial charge in [0.25, 0.3) is 0 Å². The fourth-order valence-electron chi connectivity index (χ4n) is 3.35. The molecular formula is C16H20N4OS. The highest BCUT2D eigenvalue weighted by molar-refractivity contribution is 7.99. The Morgan fingerprint density at radius 1 is 1.23 bits per heavy atom. The highest BCUT2D eigenvalue weighted by atomic mass is 32.2. The fraction of sp³-hybridized carbons (Fsp3) is 0.500. The van der Waals surface area contributed by atoms with Crippen LogP contribution < -0.4 is 4.90 Å². The summed E-state index contributed by atoms with van der Waals surface area (Å²) < 4.78 is 0. The minimum absolute atomic E-state index is 0.0522. The molecule has 0 unspecified atom stereocenters. The van der Waals surface area contributed by atoms with Crippen LogP contribution in [0.5, 0.6) is 0 Å². The summed E-state index contributed by atoms with van der Waals surface area (Å²) in [6, 6.07) is 7.97. The molecule has 2 aliphatic heterocycles. The van der Waals surface area contributed by atoms with Gasteiger partial charge in [-0.2, -0.15) is 11.8 Å². The summed E-state index contributed by atoms with van der Waals surface area (Å²) in [4.78, 5) is 25.1. The van der Waals surface area contributed by atoms with E-state index in [-0.39, 0.29) is 11.9 Å². The Labute approximate surface area is 134 Å². The van der Waals surface area contributed by atoms with Crippen molar-refractivity contribution in [1.29, 1.82) is 0 Å². The number of nitrogens with one attached hydrogen (secondary N) is 1. The van der Waals surface area contributed by atoms with E-state index in [0.29, 0.717) is 0 Å². The third-order valence-corrected chi connectivity index (χ3v) is 5.45. The first kappa shape index (κ1) is 13.9. The highest BCUT2D eigenvalue weighted by Crippen LogP contribution is 2.27. The van der Waals surface area contributed by atoms with Crippen molar-refractivity contribution >= 4 is 34.7 Å². The number of carbonyl (C=O) groups is 1. The third kappa shape index (κ3) is 2.45. The second kappa shape index (κ2) is 5.83. The van der Waals surface area contributed by atoms with E-state index in [1.54, 1.807) is 0 Å². The summed E-state index contributed by atoms with van der Waals surface area (Å²) in [5.74, 6) is 3.23. The van der Waals surface area contributed by atoms with Gasteiger partial charge in [0.15, 0.2) is 0 Å². The molecule has 0 saturated carbocycles. The van der Waals surface area contributed by atoms with E-state index in [2.05, 4.69) is 14.9 Å². The predicted molar refractivity (Wildman–Crippen MR) is 90.4 cm³/mol. The van der Waals surface area contributed by atoms with E-state index in [0.717, 1.165) is 61.0 Å². The van der Waals surface area contributed by atoms with Gasteiger partial charge in [0.05, 0.1) is 11.0 Å². The van der Waals surface area contributed by atoms with Gasteiger partial charge in [-0.3, -0.25) is 4.79 Å². The lowest BCUT2D eigenvalue weighted by Gasteiger charge is -2.32. The van der Waals surface area contributed by atoms with Crippen molar-refractivity contribution in [2.75, 3.05) is 36.0 Å². The lowest BCUT2D eigenvalue weighted by atomic mass is 10.2. The molecule has 5 nitrogen and oxygen atoms in total. The molecule has 0 bridgehead atoms. The number of imidazole rings is 1. The SMILES string of the molecule is O=C([C@@H]1CCCN1c1nc2ccccc2[nH]1)N1CCSCC1. The summed E-state index contributed by atoms with van der Waals surface area (Å²) in [6.07, 6.45) is 1.98. The average Bonchev–Trinajstić information content (AvgIpc) is 3.21. The summed E-state index contributed by atoms with van der Waals surface area (Å²) >= 11 is 1.93. The average molecular weight is 316 g/mol. The van der Waals surface area contributed by atoms with E-state index in [9.17, 15) is 4.79 Å². The number of H-pyrrole nitrogens is 1.